The molecule has 0 bridgehead atoms. The second kappa shape index (κ2) is 10.2. The highest BCUT2D eigenvalue weighted by atomic mass is 19.4. The van der Waals surface area contributed by atoms with Crippen molar-refractivity contribution >= 4 is 23.8 Å². The van der Waals surface area contributed by atoms with Crippen molar-refractivity contribution in [1.82, 2.24) is 10.2 Å². The number of halogens is 3. The van der Waals surface area contributed by atoms with Crippen LogP contribution in [0.3, 0.4) is 0 Å². The molecule has 2 amide bonds. The SMILES string of the molecule is COC(=O)[C@]1(C)N[C@H](c2ccc(-c3ccc(OC)cc3)cc2)[C@@H]2C(=O)N(C)C(=O)[C@@H]21.O=C(O)C(F)(F)F. The summed E-state index contributed by atoms with van der Waals surface area (Å²) in [7, 11) is 4.37. The molecule has 2 saturated heterocycles. The van der Waals surface area contributed by atoms with Gasteiger partial charge >= 0.3 is 18.1 Å². The van der Waals surface area contributed by atoms with E-state index in [9.17, 15) is 27.6 Å². The quantitative estimate of drug-likeness (QED) is 0.465. The van der Waals surface area contributed by atoms with E-state index in [1.54, 1.807) is 14.0 Å². The van der Waals surface area contributed by atoms with Gasteiger partial charge in [0.25, 0.3) is 0 Å². The van der Waals surface area contributed by atoms with Crippen LogP contribution in [0, 0.1) is 11.8 Å². The number of esters is 1. The van der Waals surface area contributed by atoms with Gasteiger partial charge in [-0.15, -0.1) is 0 Å². The van der Waals surface area contributed by atoms with Gasteiger partial charge in [0.15, 0.2) is 0 Å². The van der Waals surface area contributed by atoms with E-state index in [4.69, 9.17) is 19.4 Å². The standard InChI is InChI=1S/C23H24N2O5.C2HF3O2/c1-23(22(28)30-4)18-17(20(26)25(2)21(18)27)19(24-23)15-7-5-13(6-8-15)14-9-11-16(29-3)12-10-14;3-2(4,5)1(6)7/h5-12,17-19,24H,1-4H3;(H,6,7)/t17-,18-,19-,23-;/m1./s1. The zero-order valence-corrected chi connectivity index (χ0v) is 20.3. The zero-order valence-electron chi connectivity index (χ0n) is 20.3. The van der Waals surface area contributed by atoms with E-state index < -0.39 is 41.5 Å². The summed E-state index contributed by atoms with van der Waals surface area (Å²) < 4.78 is 41.9. The summed E-state index contributed by atoms with van der Waals surface area (Å²) in [4.78, 5) is 48.1. The summed E-state index contributed by atoms with van der Waals surface area (Å²) in [5.74, 6) is -4.62. The zero-order chi connectivity index (χ0) is 27.7. The van der Waals surface area contributed by atoms with E-state index in [1.165, 1.54) is 14.2 Å². The fourth-order valence-electron chi connectivity index (χ4n) is 4.64. The second-order valence-corrected chi connectivity index (χ2v) is 8.71. The summed E-state index contributed by atoms with van der Waals surface area (Å²) in [6.45, 7) is 1.63. The Bertz CT molecular complexity index is 1200. The Morgan fingerprint density at radius 1 is 0.973 bits per heavy atom. The van der Waals surface area contributed by atoms with Crippen LogP contribution in [0.25, 0.3) is 11.1 Å². The lowest BCUT2D eigenvalue weighted by molar-refractivity contribution is -0.192. The third-order valence-corrected chi connectivity index (χ3v) is 6.55. The molecule has 37 heavy (non-hydrogen) atoms. The molecule has 2 fully saturated rings. The molecule has 198 valence electrons. The van der Waals surface area contributed by atoms with Crippen molar-refractivity contribution in [2.75, 3.05) is 21.3 Å². The van der Waals surface area contributed by atoms with Crippen LogP contribution in [0.4, 0.5) is 13.2 Å². The first-order chi connectivity index (χ1) is 17.3. The number of carboxylic acid groups (broad SMARTS) is 1. The lowest BCUT2D eigenvalue weighted by Gasteiger charge is -2.27. The molecule has 0 spiro atoms. The number of ether oxygens (including phenoxy) is 2. The minimum Gasteiger partial charge on any atom is -0.497 e. The first kappa shape index (κ1) is 27.7. The van der Waals surface area contributed by atoms with Crippen molar-refractivity contribution in [2.45, 2.75) is 24.7 Å². The van der Waals surface area contributed by atoms with Crippen LogP contribution < -0.4 is 10.1 Å². The van der Waals surface area contributed by atoms with Crippen molar-refractivity contribution in [3.05, 3.63) is 54.1 Å². The van der Waals surface area contributed by atoms with E-state index in [0.29, 0.717) is 0 Å². The summed E-state index contributed by atoms with van der Waals surface area (Å²) in [5, 5.41) is 10.4. The average Bonchev–Trinajstić information content (AvgIpc) is 3.32. The predicted octanol–water partition coefficient (Wildman–Crippen LogP) is 2.80. The number of hydrogen-bond donors (Lipinski definition) is 2. The Morgan fingerprint density at radius 2 is 1.46 bits per heavy atom. The van der Waals surface area contributed by atoms with Crippen LogP contribution in [0.15, 0.2) is 48.5 Å². The molecule has 2 aromatic carbocycles. The highest BCUT2D eigenvalue weighted by Gasteiger charge is 2.66. The highest BCUT2D eigenvalue weighted by molar-refractivity contribution is 6.09. The number of imide groups is 1. The van der Waals surface area contributed by atoms with Gasteiger partial charge < -0.3 is 14.6 Å². The van der Waals surface area contributed by atoms with Gasteiger partial charge in [0.2, 0.25) is 11.8 Å². The van der Waals surface area contributed by atoms with Crippen molar-refractivity contribution < 1.29 is 46.9 Å². The molecular formula is C25H25F3N2O7. The number of nitrogens with one attached hydrogen (secondary N) is 1. The minimum absolute atomic E-state index is 0.283. The number of carboxylic acids is 1. The van der Waals surface area contributed by atoms with E-state index in [0.717, 1.165) is 27.3 Å². The average molecular weight is 522 g/mol. The maximum atomic E-state index is 12.8. The number of hydrogen-bond acceptors (Lipinski definition) is 7. The second-order valence-electron chi connectivity index (χ2n) is 8.71. The number of alkyl halides is 3. The largest absolute Gasteiger partial charge is 0.497 e. The van der Waals surface area contributed by atoms with Crippen LogP contribution in [-0.4, -0.2) is 66.7 Å². The Labute approximate surface area is 210 Å². The molecule has 2 heterocycles. The number of nitrogens with zero attached hydrogens (tertiary/aromatic N) is 1. The first-order valence-electron chi connectivity index (χ1n) is 11.0. The number of benzene rings is 2. The highest BCUT2D eigenvalue weighted by Crippen LogP contribution is 2.48. The molecule has 12 heteroatoms. The molecule has 0 aromatic heterocycles. The van der Waals surface area contributed by atoms with Crippen LogP contribution in [0.2, 0.25) is 0 Å². The van der Waals surface area contributed by atoms with Gasteiger partial charge in [-0.3, -0.25) is 24.6 Å². The van der Waals surface area contributed by atoms with Crippen molar-refractivity contribution in [1.29, 1.82) is 0 Å². The monoisotopic (exact) mass is 522 g/mol. The number of likely N-dealkylation sites (tertiary alicyclic amines) is 1. The van der Waals surface area contributed by atoms with Crippen LogP contribution in [0.1, 0.15) is 18.5 Å². The molecule has 2 N–H and O–H groups in total. The molecule has 4 atom stereocenters. The van der Waals surface area contributed by atoms with E-state index in [-0.39, 0.29) is 11.8 Å². The van der Waals surface area contributed by atoms with Crippen LogP contribution >= 0.6 is 0 Å². The Hall–Kier alpha value is -3.93. The molecule has 2 aromatic rings. The number of carbonyl (C=O) groups excluding carboxylic acids is 3. The van der Waals surface area contributed by atoms with Crippen molar-refractivity contribution in [2.24, 2.45) is 11.8 Å². The molecular weight excluding hydrogens is 497 g/mol. The van der Waals surface area contributed by atoms with Gasteiger partial charge in [-0.2, -0.15) is 13.2 Å². The van der Waals surface area contributed by atoms with Gasteiger partial charge in [0.05, 0.1) is 26.1 Å². The summed E-state index contributed by atoms with van der Waals surface area (Å²) >= 11 is 0. The molecule has 0 unspecified atom stereocenters. The van der Waals surface area contributed by atoms with Crippen molar-refractivity contribution in [3.8, 4) is 16.9 Å². The Kier molecular flexibility index (Phi) is 7.63. The molecule has 0 saturated carbocycles. The molecule has 0 radical (unpaired) electrons. The van der Waals surface area contributed by atoms with Crippen molar-refractivity contribution in [3.63, 3.8) is 0 Å². The maximum Gasteiger partial charge on any atom is 0.490 e. The van der Waals surface area contributed by atoms with Gasteiger partial charge in [-0.25, -0.2) is 4.79 Å². The van der Waals surface area contributed by atoms with Gasteiger partial charge in [-0.05, 0) is 35.7 Å². The fraction of sp³-hybridized carbons (Fsp3) is 0.360. The Balaban J connectivity index is 0.000000479. The van der Waals surface area contributed by atoms with Gasteiger partial charge in [-0.1, -0.05) is 36.4 Å². The number of fused-ring (bicyclic) bond motifs is 1. The van der Waals surface area contributed by atoms with E-state index in [2.05, 4.69) is 5.32 Å². The summed E-state index contributed by atoms with van der Waals surface area (Å²) in [6, 6.07) is 15.0. The predicted molar refractivity (Wildman–Crippen MR) is 123 cm³/mol. The Morgan fingerprint density at radius 3 is 1.89 bits per heavy atom. The number of rotatable bonds is 4. The number of amides is 2. The molecule has 2 aliphatic rings. The number of aliphatic carboxylic acids is 1. The minimum atomic E-state index is -5.08. The lowest BCUT2D eigenvalue weighted by atomic mass is 9.80. The molecule has 4 rings (SSSR count). The number of carbonyl (C=O) groups is 4. The summed E-state index contributed by atoms with van der Waals surface area (Å²) in [5.41, 5.74) is 1.62. The van der Waals surface area contributed by atoms with E-state index >= 15 is 0 Å². The van der Waals surface area contributed by atoms with E-state index in [1.807, 2.05) is 48.5 Å². The molecule has 2 aliphatic heterocycles. The van der Waals surface area contributed by atoms with Gasteiger partial charge in [0.1, 0.15) is 11.3 Å². The smallest absolute Gasteiger partial charge is 0.490 e. The number of methoxy groups -OCH3 is 2. The maximum absolute atomic E-state index is 12.8. The lowest BCUT2D eigenvalue weighted by Crippen LogP contribution is -2.53. The normalized spacial score (nSPS) is 24.7. The third kappa shape index (κ3) is 5.15. The van der Waals surface area contributed by atoms with Gasteiger partial charge in [0, 0.05) is 13.1 Å². The van der Waals surface area contributed by atoms with Crippen LogP contribution in [-0.2, 0) is 23.9 Å². The topological polar surface area (TPSA) is 122 Å². The van der Waals surface area contributed by atoms with Crippen LogP contribution in [0.5, 0.6) is 5.75 Å². The molecule has 0 aliphatic carbocycles. The summed E-state index contributed by atoms with van der Waals surface area (Å²) in [6.07, 6.45) is -5.08. The first-order valence-corrected chi connectivity index (χ1v) is 11.0. The fourth-order valence-corrected chi connectivity index (χ4v) is 4.64. The molecule has 9 nitrogen and oxygen atoms in total. The third-order valence-electron chi connectivity index (χ3n) is 6.55.